The van der Waals surface area contributed by atoms with Crippen LogP contribution in [0.25, 0.3) is 0 Å². The van der Waals surface area contributed by atoms with Crippen molar-refractivity contribution in [1.29, 1.82) is 0 Å². The van der Waals surface area contributed by atoms with Crippen molar-refractivity contribution in [2.75, 3.05) is 19.6 Å². The molecule has 0 spiro atoms. The van der Waals surface area contributed by atoms with Gasteiger partial charge in [0, 0.05) is 0 Å². The number of nitrogens with one attached hydrogen (secondary N) is 2. The van der Waals surface area contributed by atoms with Crippen LogP contribution in [0.15, 0.2) is 59.5 Å². The van der Waals surface area contributed by atoms with Crippen LogP contribution >= 0.6 is 0 Å². The van der Waals surface area contributed by atoms with Gasteiger partial charge in [-0.05, 0) is 63.6 Å². The Labute approximate surface area is 170 Å². The van der Waals surface area contributed by atoms with E-state index in [1.807, 2.05) is 32.9 Å². The van der Waals surface area contributed by atoms with Crippen LogP contribution in [0, 0.1) is 12.8 Å². The van der Waals surface area contributed by atoms with E-state index in [-0.39, 0.29) is 0 Å². The monoisotopic (exact) mass is 401 g/mol. The Morgan fingerprint density at radius 1 is 1.00 bits per heavy atom. The minimum Gasteiger partial charge on any atom is -0.333 e. The molecule has 1 heterocycles. The van der Waals surface area contributed by atoms with Crippen molar-refractivity contribution >= 4 is 10.0 Å². The quantitative estimate of drug-likeness (QED) is 0.749. The summed E-state index contributed by atoms with van der Waals surface area (Å²) in [5.74, 6) is 0.735. The van der Waals surface area contributed by atoms with E-state index in [2.05, 4.69) is 35.1 Å². The van der Waals surface area contributed by atoms with Crippen LogP contribution < -0.4 is 9.62 Å². The zero-order valence-electron chi connectivity index (χ0n) is 17.2. The molecule has 0 bridgehead atoms. The third kappa shape index (κ3) is 5.90. The molecule has 0 aromatic heterocycles. The first kappa shape index (κ1) is 21.0. The summed E-state index contributed by atoms with van der Waals surface area (Å²) in [4.78, 5) is 1.82. The Morgan fingerprint density at radius 3 is 2.21 bits per heavy atom. The number of quaternary nitrogens is 1. The summed E-state index contributed by atoms with van der Waals surface area (Å²) in [6.07, 6.45) is 3.55. The molecule has 1 aliphatic rings. The van der Waals surface area contributed by atoms with E-state index in [0.29, 0.717) is 4.90 Å². The van der Waals surface area contributed by atoms with Crippen LogP contribution in [0.3, 0.4) is 0 Å². The second-order valence-corrected chi connectivity index (χ2v) is 10.5. The molecule has 3 rings (SSSR count). The van der Waals surface area contributed by atoms with Gasteiger partial charge in [-0.1, -0.05) is 48.0 Å². The molecule has 5 heteroatoms. The fourth-order valence-electron chi connectivity index (χ4n) is 4.22. The lowest BCUT2D eigenvalue weighted by molar-refractivity contribution is -0.909. The van der Waals surface area contributed by atoms with E-state index in [1.54, 1.807) is 12.1 Å². The highest BCUT2D eigenvalue weighted by molar-refractivity contribution is 7.89. The van der Waals surface area contributed by atoms with Crippen molar-refractivity contribution in [3.05, 3.63) is 65.7 Å². The average molecular weight is 402 g/mol. The number of hydrogen-bond acceptors (Lipinski definition) is 2. The molecular weight excluding hydrogens is 368 g/mol. The average Bonchev–Trinajstić information content (AvgIpc) is 2.63. The van der Waals surface area contributed by atoms with Gasteiger partial charge in [0.25, 0.3) is 0 Å². The summed E-state index contributed by atoms with van der Waals surface area (Å²) in [5, 5.41) is 0. The smallest absolute Gasteiger partial charge is 0.241 e. The molecule has 0 saturated carbocycles. The Hall–Kier alpha value is -1.69. The topological polar surface area (TPSA) is 50.6 Å². The number of likely N-dealkylation sites (tertiary alicyclic amines) is 1. The summed E-state index contributed by atoms with van der Waals surface area (Å²) in [7, 11) is -3.50. The number of sulfonamides is 1. The van der Waals surface area contributed by atoms with Gasteiger partial charge in [0.15, 0.2) is 0 Å². The van der Waals surface area contributed by atoms with Crippen molar-refractivity contribution in [3.8, 4) is 0 Å². The second kappa shape index (κ2) is 8.76. The van der Waals surface area contributed by atoms with Crippen molar-refractivity contribution in [2.24, 2.45) is 5.92 Å². The summed E-state index contributed by atoms with van der Waals surface area (Å²) < 4.78 is 28.4. The standard InChI is InChI=1S/C23H32N2O2S/c1-19-9-11-22(12-10-19)28(26,27)24-23(2,3)18-25-15-13-21(14-16-25)17-20-7-5-4-6-8-20/h4-12,21,24H,13-18H2,1-3H3/p+1. The SMILES string of the molecule is Cc1ccc(S(=O)(=O)NC(C)(C)C[NH+]2CCC(Cc3ccccc3)CC2)cc1. The molecular formula is C23H33N2O2S+. The maximum absolute atomic E-state index is 12.7. The molecule has 0 unspecified atom stereocenters. The van der Waals surface area contributed by atoms with Crippen molar-refractivity contribution in [2.45, 2.75) is 50.5 Å². The van der Waals surface area contributed by atoms with E-state index in [0.717, 1.165) is 37.5 Å². The number of rotatable bonds is 7. The largest absolute Gasteiger partial charge is 0.333 e. The van der Waals surface area contributed by atoms with E-state index in [9.17, 15) is 8.42 Å². The summed E-state index contributed by atoms with van der Waals surface area (Å²) in [6.45, 7) is 8.94. The molecule has 2 N–H and O–H groups in total. The van der Waals surface area contributed by atoms with E-state index >= 15 is 0 Å². The predicted molar refractivity (Wildman–Crippen MR) is 114 cm³/mol. The number of benzene rings is 2. The van der Waals surface area contributed by atoms with Crippen LogP contribution in [0.5, 0.6) is 0 Å². The number of hydrogen-bond donors (Lipinski definition) is 2. The van der Waals surface area contributed by atoms with E-state index in [1.165, 1.54) is 23.3 Å². The van der Waals surface area contributed by atoms with Gasteiger partial charge < -0.3 is 4.90 Å². The van der Waals surface area contributed by atoms with Crippen LogP contribution in [-0.2, 0) is 16.4 Å². The van der Waals surface area contributed by atoms with Crippen LogP contribution in [0.2, 0.25) is 0 Å². The fourth-order valence-corrected chi connectivity index (χ4v) is 5.63. The minimum atomic E-state index is -3.50. The third-order valence-corrected chi connectivity index (χ3v) is 7.33. The molecule has 0 amide bonds. The first-order valence-corrected chi connectivity index (χ1v) is 11.7. The molecule has 1 aliphatic heterocycles. The van der Waals surface area contributed by atoms with Gasteiger partial charge in [-0.15, -0.1) is 0 Å². The predicted octanol–water partition coefficient (Wildman–Crippen LogP) is 2.59. The summed E-state index contributed by atoms with van der Waals surface area (Å²) in [6, 6.07) is 17.7. The van der Waals surface area contributed by atoms with Crippen molar-refractivity contribution in [3.63, 3.8) is 0 Å². The van der Waals surface area contributed by atoms with Gasteiger partial charge in [0.1, 0.15) is 0 Å². The van der Waals surface area contributed by atoms with Gasteiger partial charge in [-0.2, -0.15) is 4.72 Å². The molecule has 4 nitrogen and oxygen atoms in total. The Kier molecular flexibility index (Phi) is 6.58. The Balaban J connectivity index is 1.52. The van der Waals surface area contributed by atoms with Crippen LogP contribution in [0.1, 0.15) is 37.8 Å². The zero-order valence-corrected chi connectivity index (χ0v) is 18.1. The summed E-state index contributed by atoms with van der Waals surface area (Å²) in [5.41, 5.74) is 1.99. The third-order valence-electron chi connectivity index (χ3n) is 5.61. The Bertz CT molecular complexity index is 853. The van der Waals surface area contributed by atoms with Gasteiger partial charge >= 0.3 is 0 Å². The molecule has 28 heavy (non-hydrogen) atoms. The molecule has 0 atom stereocenters. The van der Waals surface area contributed by atoms with Crippen molar-refractivity contribution < 1.29 is 13.3 Å². The number of piperidine rings is 1. The lowest BCUT2D eigenvalue weighted by Crippen LogP contribution is -3.15. The molecule has 2 aromatic carbocycles. The molecule has 1 saturated heterocycles. The lowest BCUT2D eigenvalue weighted by Gasteiger charge is -2.35. The maximum atomic E-state index is 12.7. The highest BCUT2D eigenvalue weighted by atomic mass is 32.2. The lowest BCUT2D eigenvalue weighted by atomic mass is 9.89. The van der Waals surface area contributed by atoms with Gasteiger partial charge in [0.2, 0.25) is 10.0 Å². The molecule has 0 radical (unpaired) electrons. The van der Waals surface area contributed by atoms with E-state index in [4.69, 9.17) is 0 Å². The van der Waals surface area contributed by atoms with Gasteiger partial charge in [-0.25, -0.2) is 8.42 Å². The highest BCUT2D eigenvalue weighted by Gasteiger charge is 2.32. The zero-order chi connectivity index (χ0) is 20.2. The first-order chi connectivity index (χ1) is 13.2. The van der Waals surface area contributed by atoms with E-state index < -0.39 is 15.6 Å². The molecule has 2 aromatic rings. The van der Waals surface area contributed by atoms with Gasteiger partial charge in [-0.3, -0.25) is 0 Å². The Morgan fingerprint density at radius 2 is 1.61 bits per heavy atom. The molecule has 0 aliphatic carbocycles. The van der Waals surface area contributed by atoms with Crippen molar-refractivity contribution in [1.82, 2.24) is 4.72 Å². The normalized spacial score (nSPS) is 20.8. The molecule has 152 valence electrons. The highest BCUT2D eigenvalue weighted by Crippen LogP contribution is 2.17. The van der Waals surface area contributed by atoms with Gasteiger partial charge in [0.05, 0.1) is 30.1 Å². The molecule has 1 fully saturated rings. The van der Waals surface area contributed by atoms with Crippen LogP contribution in [0.4, 0.5) is 0 Å². The maximum Gasteiger partial charge on any atom is 0.241 e. The summed E-state index contributed by atoms with van der Waals surface area (Å²) >= 11 is 0. The first-order valence-electron chi connectivity index (χ1n) is 10.2. The minimum absolute atomic E-state index is 0.336. The second-order valence-electron chi connectivity index (χ2n) is 8.86. The van der Waals surface area contributed by atoms with Crippen LogP contribution in [-0.4, -0.2) is 33.6 Å². The fraction of sp³-hybridized carbons (Fsp3) is 0.478. The number of aryl methyl sites for hydroxylation is 1.